The van der Waals surface area contributed by atoms with Gasteiger partial charge in [-0.3, -0.25) is 0 Å². The van der Waals surface area contributed by atoms with E-state index in [4.69, 9.17) is 0 Å². The van der Waals surface area contributed by atoms with Crippen molar-refractivity contribution in [1.29, 1.82) is 0 Å². The fraction of sp³-hybridized carbons (Fsp3) is 0.333. The van der Waals surface area contributed by atoms with Gasteiger partial charge in [0.15, 0.2) is 0 Å². The van der Waals surface area contributed by atoms with Crippen molar-refractivity contribution in [1.82, 2.24) is 0 Å². The van der Waals surface area contributed by atoms with Crippen LogP contribution in [0.5, 0.6) is 0 Å². The molecule has 1 aromatic carbocycles. The first kappa shape index (κ1) is 10.6. The first-order valence-electron chi connectivity index (χ1n) is 4.78. The van der Waals surface area contributed by atoms with Crippen LogP contribution >= 0.6 is 0 Å². The predicted octanol–water partition coefficient (Wildman–Crippen LogP) is 3.12. The van der Waals surface area contributed by atoms with Crippen molar-refractivity contribution in [3.8, 4) is 0 Å². The molecule has 0 aliphatic rings. The molecule has 0 radical (unpaired) electrons. The summed E-state index contributed by atoms with van der Waals surface area (Å²) in [5.41, 5.74) is 2.97. The molecule has 13 heavy (non-hydrogen) atoms. The van der Waals surface area contributed by atoms with Gasteiger partial charge in [0, 0.05) is 0 Å². The zero-order valence-electron chi connectivity index (χ0n) is 8.96. The molecule has 0 N–H and O–H groups in total. The summed E-state index contributed by atoms with van der Waals surface area (Å²) in [5.74, 6) is 0. The molecule has 0 aliphatic carbocycles. The molecule has 1 heteroatoms. The molecule has 1 aromatic rings. The molecule has 0 saturated carbocycles. The van der Waals surface area contributed by atoms with E-state index in [0.717, 1.165) is 0 Å². The Labute approximate surface area is 90.3 Å². The zero-order chi connectivity index (χ0) is 9.90. The molecule has 0 saturated heterocycles. The normalized spacial score (nSPS) is 12.4. The molecular formula is C12H15Li. The van der Waals surface area contributed by atoms with E-state index in [1.807, 2.05) is 0 Å². The summed E-state index contributed by atoms with van der Waals surface area (Å²) >= 11 is 2.06. The van der Waals surface area contributed by atoms with Crippen molar-refractivity contribution in [3.05, 3.63) is 40.1 Å². The summed E-state index contributed by atoms with van der Waals surface area (Å²) in [4.78, 5) is 0. The Hall–Kier alpha value is -0.443. The van der Waals surface area contributed by atoms with Gasteiger partial charge in [-0.1, -0.05) is 0 Å². The van der Waals surface area contributed by atoms with Gasteiger partial charge in [-0.05, 0) is 0 Å². The molecule has 0 amide bonds. The molecule has 0 aliphatic heterocycles. The monoisotopic (exact) mass is 166 g/mol. The summed E-state index contributed by atoms with van der Waals surface area (Å²) in [6.45, 7) is 6.74. The van der Waals surface area contributed by atoms with Crippen LogP contribution in [-0.2, 0) is 5.41 Å². The third-order valence-electron chi connectivity index (χ3n) is 2.12. The average Bonchev–Trinajstić information content (AvgIpc) is 2.04. The van der Waals surface area contributed by atoms with Crippen LogP contribution in [-0.4, -0.2) is 17.7 Å². The Kier molecular flexibility index (Phi) is 3.42. The maximum atomic E-state index is 2.25. The van der Waals surface area contributed by atoms with E-state index >= 15 is 0 Å². The SMILES string of the molecule is [Li]/[CH]=C/c1ccccc1C(C)(C)C. The fourth-order valence-electron chi connectivity index (χ4n) is 1.50. The van der Waals surface area contributed by atoms with E-state index in [1.165, 1.54) is 11.1 Å². The van der Waals surface area contributed by atoms with Gasteiger partial charge in [0.25, 0.3) is 0 Å². The number of hydrogen-bond donors (Lipinski definition) is 0. The van der Waals surface area contributed by atoms with E-state index in [0.29, 0.717) is 0 Å². The number of hydrogen-bond acceptors (Lipinski definition) is 0. The van der Waals surface area contributed by atoms with Gasteiger partial charge < -0.3 is 0 Å². The van der Waals surface area contributed by atoms with Crippen molar-refractivity contribution in [2.24, 2.45) is 0 Å². The second-order valence-corrected chi connectivity index (χ2v) is 4.34. The van der Waals surface area contributed by atoms with Crippen LogP contribution in [0.2, 0.25) is 0 Å². The van der Waals surface area contributed by atoms with Gasteiger partial charge in [0.05, 0.1) is 0 Å². The van der Waals surface area contributed by atoms with Gasteiger partial charge in [0.1, 0.15) is 0 Å². The molecule has 0 spiro atoms. The molecular weight excluding hydrogens is 151 g/mol. The minimum atomic E-state index is 0.232. The first-order valence-corrected chi connectivity index (χ1v) is 4.78. The van der Waals surface area contributed by atoms with Gasteiger partial charge in [-0.2, -0.15) is 0 Å². The van der Waals surface area contributed by atoms with Crippen LogP contribution in [0, 0.1) is 0 Å². The maximum absolute atomic E-state index is 2.25. The number of benzene rings is 1. The van der Waals surface area contributed by atoms with E-state index in [1.54, 1.807) is 0 Å². The summed E-state index contributed by atoms with van der Waals surface area (Å²) in [6, 6.07) is 8.56. The average molecular weight is 166 g/mol. The van der Waals surface area contributed by atoms with Crippen LogP contribution in [0.25, 0.3) is 6.08 Å². The Morgan fingerprint density at radius 1 is 1.15 bits per heavy atom. The van der Waals surface area contributed by atoms with Crippen molar-refractivity contribution < 1.29 is 0 Å². The predicted molar refractivity (Wildman–Crippen MR) is 59.9 cm³/mol. The molecule has 0 unspecified atom stereocenters. The Morgan fingerprint density at radius 2 is 1.77 bits per heavy atom. The zero-order valence-corrected chi connectivity index (χ0v) is 8.96. The van der Waals surface area contributed by atoms with Crippen LogP contribution in [0.1, 0.15) is 31.9 Å². The first-order chi connectivity index (χ1) is 6.05. The van der Waals surface area contributed by atoms with Crippen molar-refractivity contribution in [2.45, 2.75) is 26.2 Å². The second-order valence-electron chi connectivity index (χ2n) is 4.34. The van der Waals surface area contributed by atoms with Crippen molar-refractivity contribution >= 4 is 23.8 Å². The van der Waals surface area contributed by atoms with Crippen LogP contribution in [0.3, 0.4) is 0 Å². The summed E-state index contributed by atoms with van der Waals surface area (Å²) in [5, 5.41) is 0. The molecule has 1 rings (SSSR count). The second kappa shape index (κ2) is 4.18. The molecule has 0 aromatic heterocycles. The Balaban J connectivity index is 3.20. The van der Waals surface area contributed by atoms with Gasteiger partial charge in [-0.25, -0.2) is 0 Å². The van der Waals surface area contributed by atoms with Crippen LogP contribution < -0.4 is 0 Å². The van der Waals surface area contributed by atoms with E-state index < -0.39 is 0 Å². The van der Waals surface area contributed by atoms with Crippen LogP contribution in [0.15, 0.2) is 29.0 Å². The fourth-order valence-corrected chi connectivity index (χ4v) is 1.50. The quantitative estimate of drug-likeness (QED) is 0.562. The molecule has 0 heterocycles. The molecule has 64 valence electrons. The summed E-state index contributed by atoms with van der Waals surface area (Å²) in [6.07, 6.45) is 2.17. The van der Waals surface area contributed by atoms with E-state index in [2.05, 4.69) is 73.6 Å². The third kappa shape index (κ3) is 2.76. The Morgan fingerprint density at radius 3 is 2.31 bits per heavy atom. The molecule has 0 fully saturated rings. The topological polar surface area (TPSA) is 0 Å². The van der Waals surface area contributed by atoms with E-state index in [9.17, 15) is 0 Å². The number of rotatable bonds is 1. The third-order valence-corrected chi connectivity index (χ3v) is 2.12. The van der Waals surface area contributed by atoms with Crippen LogP contribution in [0.4, 0.5) is 0 Å². The van der Waals surface area contributed by atoms with Crippen molar-refractivity contribution in [2.75, 3.05) is 0 Å². The summed E-state index contributed by atoms with van der Waals surface area (Å²) in [7, 11) is 0. The summed E-state index contributed by atoms with van der Waals surface area (Å²) < 4.78 is 2.09. The standard InChI is InChI=1S/C12H15.Li/c1-5-10-8-6-7-9-11(10)12(2,3)4;/h1,5-9H,2-4H3;. The van der Waals surface area contributed by atoms with Gasteiger partial charge in [0.2, 0.25) is 0 Å². The van der Waals surface area contributed by atoms with Gasteiger partial charge >= 0.3 is 90.1 Å². The Bertz CT molecular complexity index is 305. The van der Waals surface area contributed by atoms with E-state index in [-0.39, 0.29) is 5.41 Å². The van der Waals surface area contributed by atoms with Crippen molar-refractivity contribution in [3.63, 3.8) is 0 Å². The molecule has 0 atom stereocenters. The molecule has 0 bridgehead atoms. The molecule has 0 nitrogen and oxygen atoms in total. The minimum absolute atomic E-state index is 0.232. The van der Waals surface area contributed by atoms with Gasteiger partial charge in [-0.15, -0.1) is 0 Å².